The van der Waals surface area contributed by atoms with Crippen molar-refractivity contribution in [3.63, 3.8) is 0 Å². The first-order chi connectivity index (χ1) is 25.5. The number of unbranched alkanes of at least 4 members (excludes halogenated alkanes) is 13. The van der Waals surface area contributed by atoms with E-state index in [2.05, 4.69) is 6.92 Å². The van der Waals surface area contributed by atoms with E-state index in [1.54, 1.807) is 0 Å². The van der Waals surface area contributed by atoms with Crippen LogP contribution in [0.1, 0.15) is 96.8 Å². The van der Waals surface area contributed by atoms with Gasteiger partial charge in [-0.15, -0.1) is 0 Å². The Labute approximate surface area is 312 Å². The molecule has 0 radical (unpaired) electrons. The maximum absolute atomic E-state index is 11.0. The molecular formula is C36H68O17. The lowest BCUT2D eigenvalue weighted by atomic mass is 9.97. The van der Waals surface area contributed by atoms with Gasteiger partial charge in [-0.3, -0.25) is 0 Å². The summed E-state index contributed by atoms with van der Waals surface area (Å²) in [4.78, 5) is 0. The van der Waals surface area contributed by atoms with Crippen LogP contribution in [0.2, 0.25) is 0 Å². The molecule has 0 aromatic carbocycles. The zero-order valence-electron chi connectivity index (χ0n) is 31.1. The van der Waals surface area contributed by atoms with Gasteiger partial charge in [0.05, 0.1) is 33.0 Å². The lowest BCUT2D eigenvalue weighted by Gasteiger charge is -2.46. The summed E-state index contributed by atoms with van der Waals surface area (Å²) in [6.07, 6.45) is -6.18. The minimum absolute atomic E-state index is 0.0957. The van der Waals surface area contributed by atoms with E-state index >= 15 is 0 Å². The van der Waals surface area contributed by atoms with Crippen molar-refractivity contribution >= 4 is 0 Å². The van der Waals surface area contributed by atoms with E-state index in [-0.39, 0.29) is 19.8 Å². The summed E-state index contributed by atoms with van der Waals surface area (Å²) < 4.78 is 40.0. The van der Waals surface area contributed by atoms with Gasteiger partial charge in [-0.25, -0.2) is 0 Å². The SMILES string of the molecule is CCCCCCCCCCCCCCCCOCC(CO[C@@H]1OC[C@@H](O)[C@H](O)[C@H]1O)O[C@@H]1O[C@H](CO)[C@@H](O)[C@H](O)[C@H]1O[C@@H]1O[C@H](CO)[C@@H](O)[C@H](O)[C@H]1O. The van der Waals surface area contributed by atoms with Crippen LogP contribution in [0, 0.1) is 0 Å². The van der Waals surface area contributed by atoms with Gasteiger partial charge in [0.25, 0.3) is 0 Å². The molecule has 3 saturated heterocycles. The molecule has 53 heavy (non-hydrogen) atoms. The molecule has 0 saturated carbocycles. The molecule has 0 aromatic rings. The molecule has 3 rings (SSSR count). The van der Waals surface area contributed by atoms with E-state index in [4.69, 9.17) is 33.2 Å². The number of hydrogen-bond acceptors (Lipinski definition) is 17. The third-order valence-electron chi connectivity index (χ3n) is 10.1. The highest BCUT2D eigenvalue weighted by Gasteiger charge is 2.51. The molecule has 0 amide bonds. The van der Waals surface area contributed by atoms with Crippen LogP contribution < -0.4 is 0 Å². The summed E-state index contributed by atoms with van der Waals surface area (Å²) in [6, 6.07) is 0. The zero-order chi connectivity index (χ0) is 38.8. The third kappa shape index (κ3) is 15.0. The first kappa shape index (κ1) is 46.7. The summed E-state index contributed by atoms with van der Waals surface area (Å²) >= 11 is 0. The molecule has 17 heteroatoms. The first-order valence-electron chi connectivity index (χ1n) is 19.6. The Morgan fingerprint density at radius 1 is 0.547 bits per heavy atom. The summed E-state index contributed by atoms with van der Waals surface area (Å²) in [7, 11) is 0. The van der Waals surface area contributed by atoms with Crippen molar-refractivity contribution in [2.45, 2.75) is 189 Å². The van der Waals surface area contributed by atoms with Gasteiger partial charge in [-0.2, -0.15) is 0 Å². The molecule has 15 atom stereocenters. The maximum atomic E-state index is 11.0. The van der Waals surface area contributed by atoms with Crippen LogP contribution in [0.4, 0.5) is 0 Å². The molecule has 3 aliphatic rings. The molecule has 3 fully saturated rings. The highest BCUT2D eigenvalue weighted by atomic mass is 16.8. The third-order valence-corrected chi connectivity index (χ3v) is 10.1. The van der Waals surface area contributed by atoms with E-state index in [1.165, 1.54) is 64.2 Å². The number of hydrogen-bond donors (Lipinski definition) is 10. The first-order valence-corrected chi connectivity index (χ1v) is 19.6. The molecule has 1 unspecified atom stereocenters. The normalized spacial score (nSPS) is 37.2. The Bertz CT molecular complexity index is 934. The van der Waals surface area contributed by atoms with Crippen molar-refractivity contribution in [1.82, 2.24) is 0 Å². The molecule has 0 spiro atoms. The van der Waals surface area contributed by atoms with Crippen LogP contribution in [0.15, 0.2) is 0 Å². The Morgan fingerprint density at radius 3 is 1.62 bits per heavy atom. The van der Waals surface area contributed by atoms with Crippen LogP contribution in [-0.2, 0) is 33.2 Å². The van der Waals surface area contributed by atoms with Crippen LogP contribution in [0.5, 0.6) is 0 Å². The molecule has 17 nitrogen and oxygen atoms in total. The zero-order valence-corrected chi connectivity index (χ0v) is 31.1. The number of ether oxygens (including phenoxy) is 7. The summed E-state index contributed by atoms with van der Waals surface area (Å²) in [6.45, 7) is 0.440. The van der Waals surface area contributed by atoms with Crippen LogP contribution in [0.3, 0.4) is 0 Å². The van der Waals surface area contributed by atoms with Gasteiger partial charge in [-0.1, -0.05) is 90.4 Å². The minimum Gasteiger partial charge on any atom is -0.394 e. The molecule has 0 aromatic heterocycles. The number of aliphatic hydroxyl groups is 10. The smallest absolute Gasteiger partial charge is 0.187 e. The number of aliphatic hydroxyl groups excluding tert-OH is 10. The molecule has 0 bridgehead atoms. The highest BCUT2D eigenvalue weighted by molar-refractivity contribution is 4.94. The van der Waals surface area contributed by atoms with Crippen molar-refractivity contribution in [3.8, 4) is 0 Å². The molecular weight excluding hydrogens is 704 g/mol. The minimum atomic E-state index is -1.84. The Morgan fingerprint density at radius 2 is 1.06 bits per heavy atom. The highest BCUT2D eigenvalue weighted by Crippen LogP contribution is 2.30. The van der Waals surface area contributed by atoms with E-state index in [9.17, 15) is 51.1 Å². The van der Waals surface area contributed by atoms with Crippen LogP contribution in [-0.4, -0.2) is 183 Å². The van der Waals surface area contributed by atoms with Crippen molar-refractivity contribution in [2.75, 3.05) is 39.6 Å². The van der Waals surface area contributed by atoms with E-state index in [0.717, 1.165) is 25.7 Å². The van der Waals surface area contributed by atoms with Gasteiger partial charge in [0, 0.05) is 6.61 Å². The van der Waals surface area contributed by atoms with Crippen molar-refractivity contribution in [3.05, 3.63) is 0 Å². The monoisotopic (exact) mass is 772 g/mol. The second-order valence-electron chi connectivity index (χ2n) is 14.5. The van der Waals surface area contributed by atoms with Gasteiger partial charge in [0.1, 0.15) is 73.2 Å². The van der Waals surface area contributed by atoms with Crippen LogP contribution in [0.25, 0.3) is 0 Å². The lowest BCUT2D eigenvalue weighted by Crippen LogP contribution is -2.65. The fourth-order valence-electron chi connectivity index (χ4n) is 6.70. The van der Waals surface area contributed by atoms with Crippen molar-refractivity contribution < 1.29 is 84.2 Å². The molecule has 3 aliphatic heterocycles. The van der Waals surface area contributed by atoms with Gasteiger partial charge >= 0.3 is 0 Å². The van der Waals surface area contributed by atoms with Gasteiger partial charge in [0.15, 0.2) is 18.9 Å². The summed E-state index contributed by atoms with van der Waals surface area (Å²) in [5, 5.41) is 102. The lowest BCUT2D eigenvalue weighted by molar-refractivity contribution is -0.374. The second kappa shape index (κ2) is 25.5. The Balaban J connectivity index is 1.54. The molecule has 314 valence electrons. The second-order valence-corrected chi connectivity index (χ2v) is 14.5. The maximum Gasteiger partial charge on any atom is 0.187 e. The van der Waals surface area contributed by atoms with Crippen molar-refractivity contribution in [1.29, 1.82) is 0 Å². The molecule has 0 aliphatic carbocycles. The molecule has 3 heterocycles. The predicted octanol–water partition coefficient (Wildman–Crippen LogP) is -1.05. The Kier molecular flexibility index (Phi) is 22.5. The van der Waals surface area contributed by atoms with Gasteiger partial charge in [0.2, 0.25) is 0 Å². The Hall–Kier alpha value is -0.680. The molecule has 10 N–H and O–H groups in total. The van der Waals surface area contributed by atoms with Crippen LogP contribution >= 0.6 is 0 Å². The van der Waals surface area contributed by atoms with E-state index < -0.39 is 105 Å². The fourth-order valence-corrected chi connectivity index (χ4v) is 6.70. The summed E-state index contributed by atoms with van der Waals surface area (Å²) in [5.41, 5.74) is 0. The average Bonchev–Trinajstić information content (AvgIpc) is 3.15. The van der Waals surface area contributed by atoms with E-state index in [0.29, 0.717) is 6.61 Å². The average molecular weight is 773 g/mol. The predicted molar refractivity (Wildman–Crippen MR) is 186 cm³/mol. The largest absolute Gasteiger partial charge is 0.394 e. The fraction of sp³-hybridized carbons (Fsp3) is 1.00. The van der Waals surface area contributed by atoms with E-state index in [1.807, 2.05) is 0 Å². The number of rotatable bonds is 26. The standard InChI is InChI=1S/C36H68O17/c1-2-3-4-5-6-7-8-9-10-11-12-13-14-15-16-47-19-22(20-48-34-31(45)26(40)23(39)21-49-34)50-36-33(30(44)28(42)25(18-38)52-36)53-35-32(46)29(43)27(41)24(17-37)51-35/h22-46H,2-21H2,1H3/t22?,23-,24-,25-,26+,27-,28-,29+,30+,31-,32-,33-,34-,35+,36-/m1/s1. The van der Waals surface area contributed by atoms with Gasteiger partial charge in [-0.05, 0) is 6.42 Å². The summed E-state index contributed by atoms with van der Waals surface area (Å²) in [5.74, 6) is 0. The van der Waals surface area contributed by atoms with Gasteiger partial charge < -0.3 is 84.2 Å². The quantitative estimate of drug-likeness (QED) is 0.0470. The topological polar surface area (TPSA) is 267 Å². The van der Waals surface area contributed by atoms with Crippen molar-refractivity contribution in [2.24, 2.45) is 0 Å².